The molecule has 1 rings (SSSR count). The van der Waals surface area contributed by atoms with E-state index in [9.17, 15) is 0 Å². The third kappa shape index (κ3) is 2.67. The molecule has 0 spiro atoms. The normalized spacial score (nSPS) is 9.50. The van der Waals surface area contributed by atoms with Gasteiger partial charge < -0.3 is 4.90 Å². The second-order valence-electron chi connectivity index (χ2n) is 3.05. The summed E-state index contributed by atoms with van der Waals surface area (Å²) in [7, 11) is 0. The first kappa shape index (κ1) is 10.9. The molecule has 1 aromatic rings. The molecule has 1 aromatic carbocycles. The second-order valence-corrected chi connectivity index (χ2v) is 3.43. The highest BCUT2D eigenvalue weighted by molar-refractivity contribution is 7.80. The van der Waals surface area contributed by atoms with E-state index in [0.717, 1.165) is 23.5 Å². The topological polar surface area (TPSA) is 3.24 Å². The van der Waals surface area contributed by atoms with Crippen molar-refractivity contribution in [2.75, 3.05) is 6.54 Å². The zero-order valence-electron chi connectivity index (χ0n) is 8.44. The van der Waals surface area contributed by atoms with Crippen LogP contribution in [0.4, 0.5) is 0 Å². The van der Waals surface area contributed by atoms with Crippen LogP contribution >= 0.6 is 12.2 Å². The highest BCUT2D eigenvalue weighted by atomic mass is 32.1. The fourth-order valence-corrected chi connectivity index (χ4v) is 1.57. The molecular formula is C12H15NS. The SMILES string of the molecule is C=CN(CCC)C(=S)c1ccccc1. The van der Waals surface area contributed by atoms with E-state index >= 15 is 0 Å². The van der Waals surface area contributed by atoms with Crippen LogP contribution in [-0.2, 0) is 0 Å². The van der Waals surface area contributed by atoms with Gasteiger partial charge in [0, 0.05) is 12.1 Å². The molecule has 0 aromatic heterocycles. The summed E-state index contributed by atoms with van der Waals surface area (Å²) in [6.45, 7) is 6.82. The molecular weight excluding hydrogens is 190 g/mol. The number of hydrogen-bond donors (Lipinski definition) is 0. The van der Waals surface area contributed by atoms with Crippen molar-refractivity contribution in [3.8, 4) is 0 Å². The minimum atomic E-state index is 0.849. The van der Waals surface area contributed by atoms with E-state index in [4.69, 9.17) is 12.2 Å². The molecule has 0 aliphatic rings. The maximum absolute atomic E-state index is 5.36. The lowest BCUT2D eigenvalue weighted by Crippen LogP contribution is -2.25. The number of nitrogens with zero attached hydrogens (tertiary/aromatic N) is 1. The van der Waals surface area contributed by atoms with Crippen LogP contribution in [0.25, 0.3) is 0 Å². The summed E-state index contributed by atoms with van der Waals surface area (Å²) in [5.74, 6) is 0. The molecule has 0 N–H and O–H groups in total. The van der Waals surface area contributed by atoms with Crippen molar-refractivity contribution in [2.24, 2.45) is 0 Å². The quantitative estimate of drug-likeness (QED) is 0.694. The Labute approximate surface area is 91.1 Å². The standard InChI is InChI=1S/C12H15NS/c1-3-10-13(4-2)12(14)11-8-6-5-7-9-11/h4-9H,2-3,10H2,1H3. The molecule has 2 heteroatoms. The predicted octanol–water partition coefficient (Wildman–Crippen LogP) is 3.22. The van der Waals surface area contributed by atoms with E-state index in [1.54, 1.807) is 6.20 Å². The van der Waals surface area contributed by atoms with Gasteiger partial charge >= 0.3 is 0 Å². The fraction of sp³-hybridized carbons (Fsp3) is 0.250. The van der Waals surface area contributed by atoms with Gasteiger partial charge in [-0.2, -0.15) is 0 Å². The number of thiocarbonyl (C=S) groups is 1. The van der Waals surface area contributed by atoms with Gasteiger partial charge in [-0.25, -0.2) is 0 Å². The van der Waals surface area contributed by atoms with Gasteiger partial charge in [-0.1, -0.05) is 56.1 Å². The number of rotatable bonds is 4. The third-order valence-corrected chi connectivity index (χ3v) is 2.44. The van der Waals surface area contributed by atoms with Gasteiger partial charge in [0.2, 0.25) is 0 Å². The smallest absolute Gasteiger partial charge is 0.113 e. The summed E-state index contributed by atoms with van der Waals surface area (Å²) in [6, 6.07) is 10.0. The van der Waals surface area contributed by atoms with Gasteiger partial charge in [0.15, 0.2) is 0 Å². The van der Waals surface area contributed by atoms with Crippen LogP contribution in [0.15, 0.2) is 43.1 Å². The molecule has 0 saturated heterocycles. The summed E-state index contributed by atoms with van der Waals surface area (Å²) in [4.78, 5) is 2.85. The maximum atomic E-state index is 5.36. The van der Waals surface area contributed by atoms with Gasteiger partial charge in [-0.3, -0.25) is 0 Å². The molecule has 0 aliphatic carbocycles. The Morgan fingerprint density at radius 1 is 1.43 bits per heavy atom. The summed E-state index contributed by atoms with van der Waals surface area (Å²) in [5, 5.41) is 0. The van der Waals surface area contributed by atoms with Gasteiger partial charge in [0.1, 0.15) is 4.99 Å². The second kappa shape index (κ2) is 5.55. The van der Waals surface area contributed by atoms with E-state index in [2.05, 4.69) is 13.5 Å². The minimum Gasteiger partial charge on any atom is -0.339 e. The largest absolute Gasteiger partial charge is 0.339 e. The van der Waals surface area contributed by atoms with Crippen LogP contribution in [0.1, 0.15) is 18.9 Å². The summed E-state index contributed by atoms with van der Waals surface area (Å²) >= 11 is 5.36. The average Bonchev–Trinajstić information content (AvgIpc) is 2.26. The van der Waals surface area contributed by atoms with Gasteiger partial charge in [-0.15, -0.1) is 0 Å². The van der Waals surface area contributed by atoms with E-state index in [1.165, 1.54) is 0 Å². The predicted molar refractivity (Wildman–Crippen MR) is 65.3 cm³/mol. The average molecular weight is 205 g/mol. The van der Waals surface area contributed by atoms with E-state index < -0.39 is 0 Å². The lowest BCUT2D eigenvalue weighted by atomic mass is 10.2. The minimum absolute atomic E-state index is 0.849. The van der Waals surface area contributed by atoms with Crippen molar-refractivity contribution in [1.82, 2.24) is 4.90 Å². The van der Waals surface area contributed by atoms with Crippen LogP contribution in [0.5, 0.6) is 0 Å². The molecule has 0 heterocycles. The molecule has 0 bridgehead atoms. The fourth-order valence-electron chi connectivity index (χ4n) is 1.26. The van der Waals surface area contributed by atoms with Crippen molar-refractivity contribution in [3.05, 3.63) is 48.7 Å². The molecule has 0 unspecified atom stereocenters. The van der Waals surface area contributed by atoms with E-state index in [0.29, 0.717) is 0 Å². The highest BCUT2D eigenvalue weighted by Gasteiger charge is 2.06. The summed E-state index contributed by atoms with van der Waals surface area (Å²) < 4.78 is 0. The molecule has 0 atom stereocenters. The van der Waals surface area contributed by atoms with Crippen LogP contribution in [0.2, 0.25) is 0 Å². The summed E-state index contributed by atoms with van der Waals surface area (Å²) in [5.41, 5.74) is 1.08. The van der Waals surface area contributed by atoms with Gasteiger partial charge in [0.25, 0.3) is 0 Å². The third-order valence-electron chi connectivity index (χ3n) is 1.97. The molecule has 0 aliphatic heterocycles. The Balaban J connectivity index is 2.78. The number of benzene rings is 1. The lowest BCUT2D eigenvalue weighted by Gasteiger charge is -2.19. The molecule has 74 valence electrons. The van der Waals surface area contributed by atoms with Crippen molar-refractivity contribution >= 4 is 17.2 Å². The molecule has 0 saturated carbocycles. The lowest BCUT2D eigenvalue weighted by molar-refractivity contribution is 0.560. The molecule has 0 amide bonds. The zero-order valence-corrected chi connectivity index (χ0v) is 9.26. The van der Waals surface area contributed by atoms with E-state index in [1.807, 2.05) is 35.2 Å². The first-order valence-corrected chi connectivity index (χ1v) is 5.19. The Morgan fingerprint density at radius 3 is 2.57 bits per heavy atom. The van der Waals surface area contributed by atoms with Crippen LogP contribution in [-0.4, -0.2) is 16.4 Å². The van der Waals surface area contributed by atoms with Crippen LogP contribution in [0, 0.1) is 0 Å². The van der Waals surface area contributed by atoms with Crippen molar-refractivity contribution in [2.45, 2.75) is 13.3 Å². The van der Waals surface area contributed by atoms with Crippen LogP contribution < -0.4 is 0 Å². The van der Waals surface area contributed by atoms with Crippen LogP contribution in [0.3, 0.4) is 0 Å². The molecule has 14 heavy (non-hydrogen) atoms. The van der Waals surface area contributed by atoms with Crippen molar-refractivity contribution in [3.63, 3.8) is 0 Å². The molecule has 0 radical (unpaired) electrons. The molecule has 1 nitrogen and oxygen atoms in total. The first-order chi connectivity index (χ1) is 6.79. The van der Waals surface area contributed by atoms with E-state index in [-0.39, 0.29) is 0 Å². The Morgan fingerprint density at radius 2 is 2.07 bits per heavy atom. The monoisotopic (exact) mass is 205 g/mol. The first-order valence-electron chi connectivity index (χ1n) is 4.78. The Kier molecular flexibility index (Phi) is 4.33. The van der Waals surface area contributed by atoms with Crippen molar-refractivity contribution in [1.29, 1.82) is 0 Å². The number of hydrogen-bond acceptors (Lipinski definition) is 1. The molecule has 0 fully saturated rings. The van der Waals surface area contributed by atoms with Crippen molar-refractivity contribution < 1.29 is 0 Å². The zero-order chi connectivity index (χ0) is 10.4. The summed E-state index contributed by atoms with van der Waals surface area (Å²) in [6.07, 6.45) is 2.86. The Hall–Kier alpha value is -1.15. The maximum Gasteiger partial charge on any atom is 0.113 e. The van der Waals surface area contributed by atoms with Gasteiger partial charge in [0.05, 0.1) is 0 Å². The van der Waals surface area contributed by atoms with Gasteiger partial charge in [-0.05, 0) is 12.6 Å². The Bertz CT molecular complexity index is 305. The highest BCUT2D eigenvalue weighted by Crippen LogP contribution is 2.06.